The average Bonchev–Trinajstić information content (AvgIpc) is 3.00. The fourth-order valence-corrected chi connectivity index (χ4v) is 2.72. The molecule has 3 rings (SSSR count). The van der Waals surface area contributed by atoms with Gasteiger partial charge in [-0.1, -0.05) is 49.0 Å². The van der Waals surface area contributed by atoms with Gasteiger partial charge in [0, 0.05) is 18.5 Å². The summed E-state index contributed by atoms with van der Waals surface area (Å²) < 4.78 is 1.92. The smallest absolute Gasteiger partial charge is 0.243 e. The van der Waals surface area contributed by atoms with Gasteiger partial charge in [0.1, 0.15) is 5.82 Å². The Balaban J connectivity index is 1.86. The van der Waals surface area contributed by atoms with Crippen molar-refractivity contribution >= 4 is 22.7 Å². The van der Waals surface area contributed by atoms with Gasteiger partial charge in [0.05, 0.1) is 17.6 Å². The Morgan fingerprint density at radius 1 is 1.08 bits per heavy atom. The number of carbonyl (C=O) groups is 2. The summed E-state index contributed by atoms with van der Waals surface area (Å²) in [6.07, 6.45) is 1.78. The first kappa shape index (κ1) is 16.6. The second-order valence-corrected chi connectivity index (χ2v) is 5.64. The van der Waals surface area contributed by atoms with E-state index in [0.717, 1.165) is 16.9 Å². The van der Waals surface area contributed by atoms with E-state index in [2.05, 4.69) is 16.9 Å². The Labute approximate surface area is 146 Å². The average molecular weight is 333 g/mol. The van der Waals surface area contributed by atoms with Gasteiger partial charge in [0.25, 0.3) is 0 Å². The SMILES string of the molecule is C=CC(=O)NCCc1nc2ccccc2n1CC(=O)c1ccccc1. The van der Waals surface area contributed by atoms with Crippen molar-refractivity contribution in [3.63, 3.8) is 0 Å². The van der Waals surface area contributed by atoms with Gasteiger partial charge in [0.15, 0.2) is 5.78 Å². The first-order valence-corrected chi connectivity index (χ1v) is 8.11. The molecule has 5 nitrogen and oxygen atoms in total. The van der Waals surface area contributed by atoms with Crippen LogP contribution in [0, 0.1) is 0 Å². The van der Waals surface area contributed by atoms with Crippen LogP contribution in [0.2, 0.25) is 0 Å². The molecule has 1 N–H and O–H groups in total. The summed E-state index contributed by atoms with van der Waals surface area (Å²) in [6.45, 7) is 4.09. The van der Waals surface area contributed by atoms with Gasteiger partial charge >= 0.3 is 0 Å². The largest absolute Gasteiger partial charge is 0.352 e. The summed E-state index contributed by atoms with van der Waals surface area (Å²) in [6, 6.07) is 16.9. The lowest BCUT2D eigenvalue weighted by molar-refractivity contribution is -0.116. The number of amides is 1. The highest BCUT2D eigenvalue weighted by atomic mass is 16.1. The molecule has 0 unspecified atom stereocenters. The van der Waals surface area contributed by atoms with Gasteiger partial charge < -0.3 is 9.88 Å². The molecule has 0 bridgehead atoms. The number of hydrogen-bond donors (Lipinski definition) is 1. The molecule has 1 aromatic heterocycles. The van der Waals surface area contributed by atoms with Crippen molar-refractivity contribution < 1.29 is 9.59 Å². The maximum Gasteiger partial charge on any atom is 0.243 e. The maximum absolute atomic E-state index is 12.6. The molecule has 0 spiro atoms. The summed E-state index contributed by atoms with van der Waals surface area (Å²) in [5, 5.41) is 2.74. The van der Waals surface area contributed by atoms with Crippen molar-refractivity contribution in [1.82, 2.24) is 14.9 Å². The van der Waals surface area contributed by atoms with Crippen molar-refractivity contribution in [1.29, 1.82) is 0 Å². The number of fused-ring (bicyclic) bond motifs is 1. The monoisotopic (exact) mass is 333 g/mol. The molecule has 0 aliphatic heterocycles. The molecule has 0 aliphatic rings. The quantitative estimate of drug-likeness (QED) is 0.534. The van der Waals surface area contributed by atoms with Crippen LogP contribution in [0.15, 0.2) is 67.3 Å². The van der Waals surface area contributed by atoms with Crippen molar-refractivity contribution in [2.75, 3.05) is 6.54 Å². The van der Waals surface area contributed by atoms with Crippen LogP contribution in [0.4, 0.5) is 0 Å². The highest BCUT2D eigenvalue weighted by Gasteiger charge is 2.14. The first-order chi connectivity index (χ1) is 12.2. The topological polar surface area (TPSA) is 64.0 Å². The number of nitrogens with zero attached hydrogens (tertiary/aromatic N) is 2. The summed E-state index contributed by atoms with van der Waals surface area (Å²) in [4.78, 5) is 28.5. The molecule has 0 saturated heterocycles. The minimum Gasteiger partial charge on any atom is -0.352 e. The third-order valence-electron chi connectivity index (χ3n) is 3.96. The predicted molar refractivity (Wildman–Crippen MR) is 97.4 cm³/mol. The molecular weight excluding hydrogens is 314 g/mol. The molecule has 0 aliphatic carbocycles. The highest BCUT2D eigenvalue weighted by Crippen LogP contribution is 2.17. The number of Topliss-reactive ketones (excluding diaryl/α,β-unsaturated/α-hetero) is 1. The van der Waals surface area contributed by atoms with Crippen LogP contribution < -0.4 is 5.32 Å². The Morgan fingerprint density at radius 3 is 2.56 bits per heavy atom. The lowest BCUT2D eigenvalue weighted by Gasteiger charge is -2.09. The number of rotatable bonds is 7. The van der Waals surface area contributed by atoms with E-state index in [1.807, 2.05) is 59.2 Å². The lowest BCUT2D eigenvalue weighted by atomic mass is 10.1. The standard InChI is InChI=1S/C20H19N3O2/c1-2-20(25)21-13-12-19-22-16-10-6-7-11-17(16)23(19)14-18(24)15-8-4-3-5-9-15/h2-11H,1,12-14H2,(H,21,25). The van der Waals surface area contributed by atoms with E-state index in [0.29, 0.717) is 18.5 Å². The summed E-state index contributed by atoms with van der Waals surface area (Å²) in [5.74, 6) is 0.581. The molecule has 126 valence electrons. The molecule has 1 heterocycles. The van der Waals surface area contributed by atoms with E-state index < -0.39 is 0 Å². The molecule has 1 amide bonds. The minimum atomic E-state index is -0.219. The third-order valence-corrected chi connectivity index (χ3v) is 3.96. The maximum atomic E-state index is 12.6. The van der Waals surface area contributed by atoms with Gasteiger partial charge in [-0.3, -0.25) is 9.59 Å². The van der Waals surface area contributed by atoms with E-state index in [4.69, 9.17) is 0 Å². The van der Waals surface area contributed by atoms with Crippen LogP contribution in [-0.4, -0.2) is 27.8 Å². The van der Waals surface area contributed by atoms with E-state index in [9.17, 15) is 9.59 Å². The summed E-state index contributed by atoms with van der Waals surface area (Å²) in [7, 11) is 0. The van der Waals surface area contributed by atoms with Crippen molar-refractivity contribution in [3.8, 4) is 0 Å². The number of imidazole rings is 1. The number of ketones is 1. The van der Waals surface area contributed by atoms with Crippen LogP contribution in [0.3, 0.4) is 0 Å². The Kier molecular flexibility index (Phi) is 5.04. The van der Waals surface area contributed by atoms with Gasteiger partial charge in [-0.05, 0) is 18.2 Å². The van der Waals surface area contributed by atoms with Crippen LogP contribution in [-0.2, 0) is 17.8 Å². The van der Waals surface area contributed by atoms with E-state index in [1.165, 1.54) is 6.08 Å². The van der Waals surface area contributed by atoms with E-state index in [-0.39, 0.29) is 18.2 Å². The minimum absolute atomic E-state index is 0.0279. The molecule has 0 fully saturated rings. The molecule has 5 heteroatoms. The van der Waals surface area contributed by atoms with Gasteiger partial charge in [-0.2, -0.15) is 0 Å². The molecule has 0 saturated carbocycles. The number of nitrogens with one attached hydrogen (secondary N) is 1. The Morgan fingerprint density at radius 2 is 1.80 bits per heavy atom. The number of carbonyl (C=O) groups excluding carboxylic acids is 2. The Hall–Kier alpha value is -3.21. The number of benzene rings is 2. The lowest BCUT2D eigenvalue weighted by Crippen LogP contribution is -2.24. The molecule has 2 aromatic carbocycles. The second kappa shape index (κ2) is 7.57. The van der Waals surface area contributed by atoms with E-state index in [1.54, 1.807) is 0 Å². The van der Waals surface area contributed by atoms with Crippen LogP contribution in [0.25, 0.3) is 11.0 Å². The highest BCUT2D eigenvalue weighted by molar-refractivity contribution is 5.96. The summed E-state index contributed by atoms with van der Waals surface area (Å²) in [5.41, 5.74) is 2.43. The van der Waals surface area contributed by atoms with Crippen molar-refractivity contribution in [2.24, 2.45) is 0 Å². The zero-order chi connectivity index (χ0) is 17.6. The molecule has 0 radical (unpaired) electrons. The molecule has 0 atom stereocenters. The fraction of sp³-hybridized carbons (Fsp3) is 0.150. The predicted octanol–water partition coefficient (Wildman–Crippen LogP) is 2.76. The zero-order valence-electron chi connectivity index (χ0n) is 13.8. The van der Waals surface area contributed by atoms with Crippen LogP contribution in [0.5, 0.6) is 0 Å². The van der Waals surface area contributed by atoms with Gasteiger partial charge in [-0.25, -0.2) is 4.98 Å². The summed E-state index contributed by atoms with van der Waals surface area (Å²) >= 11 is 0. The number of para-hydroxylation sites is 2. The number of aromatic nitrogens is 2. The Bertz CT molecular complexity index is 913. The molecule has 3 aromatic rings. The first-order valence-electron chi connectivity index (χ1n) is 8.11. The van der Waals surface area contributed by atoms with Crippen molar-refractivity contribution in [3.05, 3.63) is 78.6 Å². The fourth-order valence-electron chi connectivity index (χ4n) is 2.72. The zero-order valence-corrected chi connectivity index (χ0v) is 13.8. The van der Waals surface area contributed by atoms with Crippen LogP contribution >= 0.6 is 0 Å². The van der Waals surface area contributed by atoms with Gasteiger partial charge in [0.2, 0.25) is 5.91 Å². The second-order valence-electron chi connectivity index (χ2n) is 5.64. The molecule has 25 heavy (non-hydrogen) atoms. The third kappa shape index (κ3) is 3.83. The van der Waals surface area contributed by atoms with Gasteiger partial charge in [-0.15, -0.1) is 0 Å². The van der Waals surface area contributed by atoms with Crippen molar-refractivity contribution in [2.45, 2.75) is 13.0 Å². The molecular formula is C20H19N3O2. The van der Waals surface area contributed by atoms with Crippen LogP contribution in [0.1, 0.15) is 16.2 Å². The normalized spacial score (nSPS) is 10.6. The number of hydrogen-bond acceptors (Lipinski definition) is 3. The van der Waals surface area contributed by atoms with E-state index >= 15 is 0 Å².